The summed E-state index contributed by atoms with van der Waals surface area (Å²) >= 11 is 3.21. The van der Waals surface area contributed by atoms with E-state index >= 15 is 0 Å². The molecular weight excluding hydrogens is 316 g/mol. The van der Waals surface area contributed by atoms with E-state index in [0.717, 1.165) is 0 Å². The molecule has 0 aliphatic heterocycles. The summed E-state index contributed by atoms with van der Waals surface area (Å²) in [6.45, 7) is 1.74. The second-order valence-corrected chi connectivity index (χ2v) is 5.00. The minimum Gasteiger partial charge on any atom is -0.456 e. The van der Waals surface area contributed by atoms with E-state index in [4.69, 9.17) is 10.5 Å². The van der Waals surface area contributed by atoms with Gasteiger partial charge in [0.05, 0.1) is 4.47 Å². The van der Waals surface area contributed by atoms with Crippen molar-refractivity contribution in [3.05, 3.63) is 58.1 Å². The molecule has 0 spiro atoms. The molecule has 0 saturated heterocycles. The summed E-state index contributed by atoms with van der Waals surface area (Å²) in [6.07, 6.45) is 0. The average Bonchev–Trinajstić information content (AvgIpc) is 2.34. The molecule has 0 bridgehead atoms. The molecule has 2 rings (SSSR count). The van der Waals surface area contributed by atoms with Crippen molar-refractivity contribution in [2.75, 3.05) is 0 Å². The molecule has 0 radical (unpaired) electrons. The van der Waals surface area contributed by atoms with E-state index in [9.17, 15) is 8.78 Å². The minimum atomic E-state index is -0.377. The number of halogens is 3. The third-order valence-electron chi connectivity index (χ3n) is 2.58. The smallest absolute Gasteiger partial charge is 0.141 e. The van der Waals surface area contributed by atoms with Crippen LogP contribution in [-0.2, 0) is 0 Å². The zero-order valence-corrected chi connectivity index (χ0v) is 11.7. The fourth-order valence-corrected chi connectivity index (χ4v) is 2.08. The third-order valence-corrected chi connectivity index (χ3v) is 3.20. The summed E-state index contributed by atoms with van der Waals surface area (Å²) in [5.74, 6) is 0.141. The molecule has 0 unspecified atom stereocenters. The normalized spacial score (nSPS) is 12.3. The van der Waals surface area contributed by atoms with Crippen LogP contribution < -0.4 is 10.5 Å². The fraction of sp³-hybridized carbons (Fsp3) is 0.143. The van der Waals surface area contributed by atoms with E-state index in [1.807, 2.05) is 0 Å². The van der Waals surface area contributed by atoms with Gasteiger partial charge >= 0.3 is 0 Å². The van der Waals surface area contributed by atoms with E-state index in [1.54, 1.807) is 6.92 Å². The van der Waals surface area contributed by atoms with Crippen molar-refractivity contribution in [1.82, 2.24) is 0 Å². The Morgan fingerprint density at radius 3 is 2.21 bits per heavy atom. The first kappa shape index (κ1) is 14.0. The Labute approximate surface area is 118 Å². The summed E-state index contributed by atoms with van der Waals surface area (Å²) < 4.78 is 32.3. The van der Waals surface area contributed by atoms with Crippen molar-refractivity contribution in [3.8, 4) is 11.5 Å². The zero-order chi connectivity index (χ0) is 14.0. The molecule has 5 heteroatoms. The first-order valence-electron chi connectivity index (χ1n) is 5.65. The first-order valence-corrected chi connectivity index (χ1v) is 6.44. The van der Waals surface area contributed by atoms with Gasteiger partial charge in [0.2, 0.25) is 0 Å². The Morgan fingerprint density at radius 2 is 1.63 bits per heavy atom. The first-order chi connectivity index (χ1) is 8.97. The van der Waals surface area contributed by atoms with Gasteiger partial charge in [-0.05, 0) is 59.3 Å². The Kier molecular flexibility index (Phi) is 4.17. The number of benzene rings is 2. The summed E-state index contributed by atoms with van der Waals surface area (Å²) in [5.41, 5.74) is 6.33. The highest BCUT2D eigenvalue weighted by atomic mass is 79.9. The van der Waals surface area contributed by atoms with Gasteiger partial charge in [-0.2, -0.15) is 0 Å². The van der Waals surface area contributed by atoms with Crippen LogP contribution >= 0.6 is 15.9 Å². The van der Waals surface area contributed by atoms with E-state index in [0.29, 0.717) is 21.5 Å². The maximum atomic E-state index is 13.2. The molecule has 100 valence electrons. The van der Waals surface area contributed by atoms with Gasteiger partial charge < -0.3 is 10.5 Å². The summed E-state index contributed by atoms with van der Waals surface area (Å²) in [4.78, 5) is 0. The second-order valence-electron chi connectivity index (χ2n) is 4.15. The predicted octanol–water partition coefficient (Wildman–Crippen LogP) is 4.54. The quantitative estimate of drug-likeness (QED) is 0.898. The summed E-state index contributed by atoms with van der Waals surface area (Å²) in [7, 11) is 0. The van der Waals surface area contributed by atoms with Crippen molar-refractivity contribution in [2.45, 2.75) is 13.0 Å². The molecule has 2 aromatic rings. The molecule has 19 heavy (non-hydrogen) atoms. The fourth-order valence-electron chi connectivity index (χ4n) is 1.64. The van der Waals surface area contributed by atoms with Crippen LogP contribution in [0.15, 0.2) is 40.9 Å². The Balaban J connectivity index is 2.38. The van der Waals surface area contributed by atoms with Crippen LogP contribution in [0.1, 0.15) is 18.5 Å². The molecule has 0 aliphatic rings. The van der Waals surface area contributed by atoms with Crippen LogP contribution in [-0.4, -0.2) is 0 Å². The second kappa shape index (κ2) is 5.67. The molecule has 2 aromatic carbocycles. The molecule has 0 aliphatic carbocycles. The SMILES string of the molecule is C[C@@H](N)c1cc(F)ccc1Oc1ccc(F)cc1Br. The summed E-state index contributed by atoms with van der Waals surface area (Å²) in [5, 5.41) is 0. The molecule has 0 aromatic heterocycles. The Bertz CT molecular complexity index is 602. The van der Waals surface area contributed by atoms with Crippen LogP contribution in [0.4, 0.5) is 8.78 Å². The number of nitrogens with two attached hydrogens (primary N) is 1. The van der Waals surface area contributed by atoms with E-state index in [2.05, 4.69) is 15.9 Å². The minimum absolute atomic E-state index is 0.370. The largest absolute Gasteiger partial charge is 0.456 e. The van der Waals surface area contributed by atoms with Crippen molar-refractivity contribution in [1.29, 1.82) is 0 Å². The number of rotatable bonds is 3. The van der Waals surface area contributed by atoms with Crippen LogP contribution in [0.2, 0.25) is 0 Å². The van der Waals surface area contributed by atoms with Crippen molar-refractivity contribution < 1.29 is 13.5 Å². The molecule has 0 fully saturated rings. The summed E-state index contributed by atoms with van der Waals surface area (Å²) in [6, 6.07) is 7.83. The van der Waals surface area contributed by atoms with Crippen LogP contribution in [0.3, 0.4) is 0 Å². The van der Waals surface area contributed by atoms with Gasteiger partial charge in [0.1, 0.15) is 23.1 Å². The molecule has 1 atom stereocenters. The van der Waals surface area contributed by atoms with Gasteiger partial charge in [0.15, 0.2) is 0 Å². The van der Waals surface area contributed by atoms with E-state index in [1.165, 1.54) is 36.4 Å². The molecule has 2 N–H and O–H groups in total. The lowest BCUT2D eigenvalue weighted by molar-refractivity contribution is 0.464. The van der Waals surface area contributed by atoms with Gasteiger partial charge in [0.25, 0.3) is 0 Å². The molecule has 0 amide bonds. The van der Waals surface area contributed by atoms with Crippen molar-refractivity contribution in [2.24, 2.45) is 5.73 Å². The molecular formula is C14H12BrF2NO. The van der Waals surface area contributed by atoms with Crippen molar-refractivity contribution in [3.63, 3.8) is 0 Å². The van der Waals surface area contributed by atoms with E-state index < -0.39 is 0 Å². The Morgan fingerprint density at radius 1 is 1.05 bits per heavy atom. The Hall–Kier alpha value is -1.46. The van der Waals surface area contributed by atoms with Crippen molar-refractivity contribution >= 4 is 15.9 Å². The van der Waals surface area contributed by atoms with E-state index in [-0.39, 0.29) is 17.7 Å². The van der Waals surface area contributed by atoms with Gasteiger partial charge in [-0.3, -0.25) is 0 Å². The molecule has 0 saturated carbocycles. The number of ether oxygens (including phenoxy) is 1. The highest BCUT2D eigenvalue weighted by Crippen LogP contribution is 2.33. The standard InChI is InChI=1S/C14H12BrF2NO/c1-8(18)11-6-9(16)2-4-13(11)19-14-5-3-10(17)7-12(14)15/h2-8H,18H2,1H3/t8-/m1/s1. The predicted molar refractivity (Wildman–Crippen MR) is 73.2 cm³/mol. The average molecular weight is 328 g/mol. The monoisotopic (exact) mass is 327 g/mol. The van der Waals surface area contributed by atoms with Crippen LogP contribution in [0.25, 0.3) is 0 Å². The number of hydrogen-bond acceptors (Lipinski definition) is 2. The lowest BCUT2D eigenvalue weighted by Crippen LogP contribution is -2.07. The highest BCUT2D eigenvalue weighted by molar-refractivity contribution is 9.10. The van der Waals surface area contributed by atoms with Gasteiger partial charge in [-0.25, -0.2) is 8.78 Å². The third kappa shape index (κ3) is 3.30. The topological polar surface area (TPSA) is 35.2 Å². The van der Waals surface area contributed by atoms with Gasteiger partial charge in [-0.15, -0.1) is 0 Å². The van der Waals surface area contributed by atoms with Crippen LogP contribution in [0.5, 0.6) is 11.5 Å². The van der Waals surface area contributed by atoms with Crippen LogP contribution in [0, 0.1) is 11.6 Å². The van der Waals surface area contributed by atoms with Gasteiger partial charge in [-0.1, -0.05) is 0 Å². The lowest BCUT2D eigenvalue weighted by atomic mass is 10.1. The maximum absolute atomic E-state index is 13.2. The number of hydrogen-bond donors (Lipinski definition) is 1. The lowest BCUT2D eigenvalue weighted by Gasteiger charge is -2.14. The maximum Gasteiger partial charge on any atom is 0.141 e. The highest BCUT2D eigenvalue weighted by Gasteiger charge is 2.12. The van der Waals surface area contributed by atoms with Gasteiger partial charge in [0, 0.05) is 11.6 Å². The molecule has 2 nitrogen and oxygen atoms in total. The molecule has 0 heterocycles. The zero-order valence-electron chi connectivity index (χ0n) is 10.2.